The Morgan fingerprint density at radius 1 is 1.32 bits per heavy atom. The first-order chi connectivity index (χ1) is 8.90. The number of amides is 2. The number of hydrogen-bond donors (Lipinski definition) is 3. The quantitative estimate of drug-likeness (QED) is 0.678. The van der Waals surface area contributed by atoms with E-state index in [-0.39, 0.29) is 30.3 Å². The zero-order chi connectivity index (χ0) is 14.4. The van der Waals surface area contributed by atoms with Crippen molar-refractivity contribution in [2.45, 2.75) is 13.3 Å². The van der Waals surface area contributed by atoms with Gasteiger partial charge in [0.05, 0.1) is 11.3 Å². The highest BCUT2D eigenvalue weighted by atomic mass is 127. The van der Waals surface area contributed by atoms with E-state index >= 15 is 0 Å². The Morgan fingerprint density at radius 3 is 2.58 bits per heavy atom. The van der Waals surface area contributed by atoms with Gasteiger partial charge in [0.2, 0.25) is 11.8 Å². The molecule has 0 aliphatic heterocycles. The van der Waals surface area contributed by atoms with E-state index in [1.165, 1.54) is 19.1 Å². The molecule has 3 N–H and O–H groups in total. The number of carboxylic acids is 1. The van der Waals surface area contributed by atoms with Crippen molar-refractivity contribution >= 4 is 46.1 Å². The van der Waals surface area contributed by atoms with Crippen LogP contribution in [0.5, 0.6) is 0 Å². The molecule has 1 rings (SSSR count). The van der Waals surface area contributed by atoms with Gasteiger partial charge in [-0.15, -0.1) is 0 Å². The number of hydrogen-bond acceptors (Lipinski definition) is 3. The topological polar surface area (TPSA) is 95.5 Å². The van der Waals surface area contributed by atoms with Gasteiger partial charge < -0.3 is 15.7 Å². The molecule has 1 aromatic carbocycles. The number of benzene rings is 1. The average molecular weight is 376 g/mol. The highest BCUT2D eigenvalue weighted by Crippen LogP contribution is 2.20. The third-order valence-electron chi connectivity index (χ3n) is 2.21. The Balaban J connectivity index is 2.65. The highest BCUT2D eigenvalue weighted by Gasteiger charge is 2.09. The van der Waals surface area contributed by atoms with Crippen LogP contribution in [0.2, 0.25) is 0 Å². The number of rotatable bonds is 5. The van der Waals surface area contributed by atoms with E-state index in [1.54, 1.807) is 6.07 Å². The first-order valence-corrected chi connectivity index (χ1v) is 6.55. The normalized spacial score (nSPS) is 9.79. The molecule has 0 saturated carbocycles. The summed E-state index contributed by atoms with van der Waals surface area (Å²) in [7, 11) is 0. The van der Waals surface area contributed by atoms with Crippen LogP contribution < -0.4 is 10.6 Å². The lowest BCUT2D eigenvalue weighted by Gasteiger charge is -2.08. The minimum absolute atomic E-state index is 0.109. The number of nitrogens with one attached hydrogen (secondary N) is 2. The first kappa shape index (κ1) is 15.4. The summed E-state index contributed by atoms with van der Waals surface area (Å²) in [5.41, 5.74) is 0.561. The van der Waals surface area contributed by atoms with Crippen molar-refractivity contribution < 1.29 is 19.5 Å². The van der Waals surface area contributed by atoms with Gasteiger partial charge in [-0.25, -0.2) is 4.79 Å². The summed E-state index contributed by atoms with van der Waals surface area (Å²) in [5.74, 6) is -1.53. The summed E-state index contributed by atoms with van der Waals surface area (Å²) >= 11 is 2.00. The first-order valence-electron chi connectivity index (χ1n) is 5.47. The molecule has 0 bridgehead atoms. The SMILES string of the molecule is CC(=O)NCCC(=O)Nc1cc(C(=O)O)ccc1I. The van der Waals surface area contributed by atoms with E-state index < -0.39 is 5.97 Å². The molecule has 0 atom stereocenters. The van der Waals surface area contributed by atoms with Crippen LogP contribution in [0.4, 0.5) is 5.69 Å². The van der Waals surface area contributed by atoms with Gasteiger partial charge in [-0.3, -0.25) is 9.59 Å². The molecule has 0 aromatic heterocycles. The largest absolute Gasteiger partial charge is 0.478 e. The van der Waals surface area contributed by atoms with Crippen LogP contribution in [0.3, 0.4) is 0 Å². The van der Waals surface area contributed by atoms with Gasteiger partial charge in [0.25, 0.3) is 0 Å². The summed E-state index contributed by atoms with van der Waals surface area (Å²) in [4.78, 5) is 33.1. The lowest BCUT2D eigenvalue weighted by Crippen LogP contribution is -2.25. The minimum Gasteiger partial charge on any atom is -0.478 e. The van der Waals surface area contributed by atoms with Crippen LogP contribution >= 0.6 is 22.6 Å². The maximum Gasteiger partial charge on any atom is 0.335 e. The van der Waals surface area contributed by atoms with Crippen LogP contribution in [0, 0.1) is 3.57 Å². The molecule has 0 aliphatic rings. The second kappa shape index (κ2) is 7.07. The fourth-order valence-electron chi connectivity index (χ4n) is 1.32. The Hall–Kier alpha value is -1.64. The lowest BCUT2D eigenvalue weighted by atomic mass is 10.2. The molecule has 0 spiro atoms. The predicted molar refractivity (Wildman–Crippen MR) is 78.0 cm³/mol. The van der Waals surface area contributed by atoms with E-state index in [4.69, 9.17) is 5.11 Å². The van der Waals surface area contributed by atoms with E-state index in [0.29, 0.717) is 5.69 Å². The van der Waals surface area contributed by atoms with Crippen LogP contribution in [-0.4, -0.2) is 29.4 Å². The zero-order valence-electron chi connectivity index (χ0n) is 10.2. The summed E-state index contributed by atoms with van der Waals surface area (Å²) in [5, 5.41) is 14.0. The molecule has 1 aromatic rings. The van der Waals surface area contributed by atoms with Gasteiger partial charge in [0.1, 0.15) is 0 Å². The molecule has 0 heterocycles. The highest BCUT2D eigenvalue weighted by molar-refractivity contribution is 14.1. The molecule has 0 fully saturated rings. The summed E-state index contributed by atoms with van der Waals surface area (Å²) in [6.45, 7) is 1.62. The molecule has 19 heavy (non-hydrogen) atoms. The Morgan fingerprint density at radius 2 is 2.00 bits per heavy atom. The van der Waals surface area contributed by atoms with Gasteiger partial charge in [0.15, 0.2) is 0 Å². The van der Waals surface area contributed by atoms with Gasteiger partial charge in [-0.2, -0.15) is 0 Å². The maximum absolute atomic E-state index is 11.6. The maximum atomic E-state index is 11.6. The second-order valence-corrected chi connectivity index (χ2v) is 4.94. The smallest absolute Gasteiger partial charge is 0.335 e. The minimum atomic E-state index is -1.05. The van der Waals surface area contributed by atoms with Crippen LogP contribution in [0.15, 0.2) is 18.2 Å². The summed E-state index contributed by atoms with van der Waals surface area (Å²) < 4.78 is 0.746. The van der Waals surface area contributed by atoms with Crippen LogP contribution in [0.1, 0.15) is 23.7 Å². The summed E-state index contributed by atoms with van der Waals surface area (Å²) in [6.07, 6.45) is 0.132. The molecule has 102 valence electrons. The third-order valence-corrected chi connectivity index (χ3v) is 3.15. The van der Waals surface area contributed by atoms with E-state index in [1.807, 2.05) is 22.6 Å². The molecular weight excluding hydrogens is 363 g/mol. The van der Waals surface area contributed by atoms with Crippen molar-refractivity contribution in [1.29, 1.82) is 0 Å². The van der Waals surface area contributed by atoms with Crippen molar-refractivity contribution in [2.24, 2.45) is 0 Å². The van der Waals surface area contributed by atoms with E-state index in [2.05, 4.69) is 10.6 Å². The number of carbonyl (C=O) groups is 3. The Kier molecular flexibility index (Phi) is 5.74. The van der Waals surface area contributed by atoms with Crippen molar-refractivity contribution in [1.82, 2.24) is 5.32 Å². The number of carbonyl (C=O) groups excluding carboxylic acids is 2. The third kappa shape index (κ3) is 5.25. The van der Waals surface area contributed by atoms with Crippen LogP contribution in [0.25, 0.3) is 0 Å². The zero-order valence-corrected chi connectivity index (χ0v) is 12.4. The van der Waals surface area contributed by atoms with Gasteiger partial charge in [-0.05, 0) is 40.8 Å². The Labute approximate surface area is 123 Å². The molecule has 0 radical (unpaired) electrons. The second-order valence-electron chi connectivity index (χ2n) is 3.78. The molecule has 0 aliphatic carbocycles. The van der Waals surface area contributed by atoms with Crippen molar-refractivity contribution in [3.8, 4) is 0 Å². The number of halogens is 1. The number of carboxylic acid groups (broad SMARTS) is 1. The standard InChI is InChI=1S/C12H13IN2O4/c1-7(16)14-5-4-11(17)15-10-6-8(12(18)19)2-3-9(10)13/h2-3,6H,4-5H2,1H3,(H,14,16)(H,15,17)(H,18,19). The van der Waals surface area contributed by atoms with Crippen LogP contribution in [-0.2, 0) is 9.59 Å². The van der Waals surface area contributed by atoms with Crippen molar-refractivity contribution in [3.63, 3.8) is 0 Å². The van der Waals surface area contributed by atoms with Gasteiger partial charge in [0, 0.05) is 23.5 Å². The lowest BCUT2D eigenvalue weighted by molar-refractivity contribution is -0.119. The number of anilines is 1. The molecule has 7 heteroatoms. The van der Waals surface area contributed by atoms with Crippen molar-refractivity contribution in [3.05, 3.63) is 27.3 Å². The van der Waals surface area contributed by atoms with Crippen molar-refractivity contribution in [2.75, 3.05) is 11.9 Å². The molecule has 0 unspecified atom stereocenters. The van der Waals surface area contributed by atoms with E-state index in [9.17, 15) is 14.4 Å². The molecule has 6 nitrogen and oxygen atoms in total. The van der Waals surface area contributed by atoms with E-state index in [0.717, 1.165) is 3.57 Å². The monoisotopic (exact) mass is 376 g/mol. The van der Waals surface area contributed by atoms with Gasteiger partial charge in [-0.1, -0.05) is 0 Å². The predicted octanol–water partition coefficient (Wildman–Crippen LogP) is 1.45. The number of aromatic carboxylic acids is 1. The fraction of sp³-hybridized carbons (Fsp3) is 0.250. The van der Waals surface area contributed by atoms with Gasteiger partial charge >= 0.3 is 5.97 Å². The fourth-order valence-corrected chi connectivity index (χ4v) is 1.79. The summed E-state index contributed by atoms with van der Waals surface area (Å²) in [6, 6.07) is 4.49. The molecular formula is C12H13IN2O4. The molecule has 2 amide bonds. The Bertz CT molecular complexity index is 516. The average Bonchev–Trinajstić information content (AvgIpc) is 2.31. The molecule has 0 saturated heterocycles.